The van der Waals surface area contributed by atoms with Gasteiger partial charge in [-0.25, -0.2) is 22.8 Å². The molecule has 0 spiro atoms. The number of sulfonamides is 1. The van der Waals surface area contributed by atoms with Crippen LogP contribution in [-0.2, 0) is 10.0 Å². The van der Waals surface area contributed by atoms with Crippen LogP contribution in [0.3, 0.4) is 0 Å². The Hall–Kier alpha value is -2.06. The lowest BCUT2D eigenvalue weighted by atomic mass is 10.0. The lowest BCUT2D eigenvalue weighted by molar-refractivity contribution is 0.394. The first-order valence-electron chi connectivity index (χ1n) is 8.04. The Kier molecular flexibility index (Phi) is 4.75. The molecule has 1 aliphatic rings. The van der Waals surface area contributed by atoms with Gasteiger partial charge in [-0.3, -0.25) is 0 Å². The highest BCUT2D eigenvalue weighted by atomic mass is 32.2. The number of nitrogens with zero attached hydrogens (tertiary/aromatic N) is 4. The van der Waals surface area contributed by atoms with Crippen LogP contribution in [0.15, 0.2) is 30.5 Å². The molecule has 8 heteroatoms. The number of benzene rings is 1. The summed E-state index contributed by atoms with van der Waals surface area (Å²) in [5, 5.41) is 0. The van der Waals surface area contributed by atoms with E-state index in [-0.39, 0.29) is 11.9 Å². The quantitative estimate of drug-likeness (QED) is 0.834. The highest BCUT2D eigenvalue weighted by Gasteiger charge is 2.35. The van der Waals surface area contributed by atoms with Crippen molar-refractivity contribution in [3.05, 3.63) is 42.0 Å². The van der Waals surface area contributed by atoms with E-state index < -0.39 is 10.0 Å². The lowest BCUT2D eigenvalue weighted by Gasteiger charge is -2.24. The molecule has 0 N–H and O–H groups in total. The van der Waals surface area contributed by atoms with Crippen LogP contribution in [0.4, 0.5) is 10.3 Å². The minimum Gasteiger partial charge on any atom is -0.347 e. The molecule has 1 atom stereocenters. The smallest absolute Gasteiger partial charge is 0.225 e. The topological polar surface area (TPSA) is 66.4 Å². The Morgan fingerprint density at radius 1 is 1.32 bits per heavy atom. The zero-order valence-corrected chi connectivity index (χ0v) is 15.3. The molecule has 25 heavy (non-hydrogen) atoms. The summed E-state index contributed by atoms with van der Waals surface area (Å²) >= 11 is 0. The Bertz CT molecular complexity index is 886. The Balaban J connectivity index is 2.17. The number of anilines is 1. The van der Waals surface area contributed by atoms with E-state index in [1.807, 2.05) is 14.1 Å². The van der Waals surface area contributed by atoms with Gasteiger partial charge < -0.3 is 4.90 Å². The number of halogens is 1. The van der Waals surface area contributed by atoms with Gasteiger partial charge in [0.25, 0.3) is 0 Å². The summed E-state index contributed by atoms with van der Waals surface area (Å²) in [6.45, 7) is 0.466. The van der Waals surface area contributed by atoms with Gasteiger partial charge in [0.05, 0.1) is 18.0 Å². The third-order valence-electron chi connectivity index (χ3n) is 4.29. The number of hydrogen-bond donors (Lipinski definition) is 0. The van der Waals surface area contributed by atoms with Gasteiger partial charge in [0.15, 0.2) is 0 Å². The molecular formula is C17H21FN4O2S. The van der Waals surface area contributed by atoms with Gasteiger partial charge >= 0.3 is 0 Å². The summed E-state index contributed by atoms with van der Waals surface area (Å²) in [6, 6.07) is 5.82. The molecule has 2 heterocycles. The SMILES string of the molecule is CN(C)c1ncc(-c2cccc(F)c2)c(C2CCCN2S(C)(=O)=O)n1. The Morgan fingerprint density at radius 3 is 2.72 bits per heavy atom. The van der Waals surface area contributed by atoms with Gasteiger partial charge in [0.2, 0.25) is 16.0 Å². The monoisotopic (exact) mass is 364 g/mol. The minimum atomic E-state index is -3.35. The lowest BCUT2D eigenvalue weighted by Crippen LogP contribution is -2.30. The third kappa shape index (κ3) is 3.64. The van der Waals surface area contributed by atoms with Gasteiger partial charge in [-0.1, -0.05) is 12.1 Å². The van der Waals surface area contributed by atoms with Crippen molar-refractivity contribution in [3.8, 4) is 11.1 Å². The van der Waals surface area contributed by atoms with Crippen LogP contribution < -0.4 is 4.90 Å². The molecule has 0 saturated carbocycles. The van der Waals surface area contributed by atoms with E-state index >= 15 is 0 Å². The highest BCUT2D eigenvalue weighted by molar-refractivity contribution is 7.88. The van der Waals surface area contributed by atoms with Crippen molar-refractivity contribution in [1.29, 1.82) is 0 Å². The van der Waals surface area contributed by atoms with Crippen LogP contribution >= 0.6 is 0 Å². The van der Waals surface area contributed by atoms with E-state index in [9.17, 15) is 12.8 Å². The zero-order valence-electron chi connectivity index (χ0n) is 14.5. The van der Waals surface area contributed by atoms with Crippen LogP contribution in [-0.4, -0.2) is 49.6 Å². The summed E-state index contributed by atoms with van der Waals surface area (Å²) in [7, 11) is 0.292. The van der Waals surface area contributed by atoms with Gasteiger partial charge in [-0.05, 0) is 30.5 Å². The van der Waals surface area contributed by atoms with Crippen LogP contribution in [0.1, 0.15) is 24.6 Å². The van der Waals surface area contributed by atoms with Crippen LogP contribution in [0.5, 0.6) is 0 Å². The number of aromatic nitrogens is 2. The van der Waals surface area contributed by atoms with Crippen molar-refractivity contribution in [1.82, 2.24) is 14.3 Å². The second kappa shape index (κ2) is 6.68. The van der Waals surface area contributed by atoms with Crippen LogP contribution in [0.2, 0.25) is 0 Å². The largest absolute Gasteiger partial charge is 0.347 e. The maximum atomic E-state index is 13.7. The maximum Gasteiger partial charge on any atom is 0.225 e. The maximum absolute atomic E-state index is 13.7. The third-order valence-corrected chi connectivity index (χ3v) is 5.58. The van der Waals surface area contributed by atoms with Gasteiger partial charge in [0, 0.05) is 32.4 Å². The molecule has 1 saturated heterocycles. The average molecular weight is 364 g/mol. The summed E-state index contributed by atoms with van der Waals surface area (Å²) in [5.74, 6) is 0.141. The fraction of sp³-hybridized carbons (Fsp3) is 0.412. The first-order valence-corrected chi connectivity index (χ1v) is 9.89. The second-order valence-corrected chi connectivity index (χ2v) is 8.34. The van der Waals surface area contributed by atoms with E-state index in [0.717, 1.165) is 6.42 Å². The fourth-order valence-electron chi connectivity index (χ4n) is 3.14. The molecule has 1 aliphatic heterocycles. The molecule has 2 aromatic rings. The predicted octanol–water partition coefficient (Wildman–Crippen LogP) is 2.45. The van der Waals surface area contributed by atoms with E-state index in [1.165, 1.54) is 22.7 Å². The molecule has 6 nitrogen and oxygen atoms in total. The first kappa shape index (κ1) is 17.8. The van der Waals surface area contributed by atoms with Crippen molar-refractivity contribution in [2.75, 3.05) is 31.8 Å². The van der Waals surface area contributed by atoms with Crippen LogP contribution in [0.25, 0.3) is 11.1 Å². The van der Waals surface area contributed by atoms with Crippen molar-refractivity contribution in [2.45, 2.75) is 18.9 Å². The number of hydrogen-bond acceptors (Lipinski definition) is 5. The standard InChI is InChI=1S/C17H21FN4O2S/c1-21(2)17-19-11-14(12-6-4-7-13(18)10-12)16(20-17)15-8-5-9-22(15)25(3,23)24/h4,6-7,10-11,15H,5,8-9H2,1-3H3. The first-order chi connectivity index (χ1) is 11.8. The van der Waals surface area contributed by atoms with Crippen molar-refractivity contribution in [3.63, 3.8) is 0 Å². The highest BCUT2D eigenvalue weighted by Crippen LogP contribution is 2.38. The summed E-state index contributed by atoms with van der Waals surface area (Å²) < 4.78 is 39.4. The predicted molar refractivity (Wildman–Crippen MR) is 95.3 cm³/mol. The normalized spacial score (nSPS) is 18.5. The van der Waals surface area contributed by atoms with Gasteiger partial charge in [-0.2, -0.15) is 4.31 Å². The molecule has 1 aromatic carbocycles. The molecule has 134 valence electrons. The molecule has 1 aromatic heterocycles. The fourth-order valence-corrected chi connectivity index (χ4v) is 4.27. The Labute approximate surface area is 147 Å². The zero-order chi connectivity index (χ0) is 18.2. The molecule has 3 rings (SSSR count). The van der Waals surface area contributed by atoms with E-state index in [2.05, 4.69) is 9.97 Å². The van der Waals surface area contributed by atoms with Crippen molar-refractivity contribution >= 4 is 16.0 Å². The number of rotatable bonds is 4. The van der Waals surface area contributed by atoms with Crippen molar-refractivity contribution < 1.29 is 12.8 Å². The van der Waals surface area contributed by atoms with Gasteiger partial charge in [0.1, 0.15) is 5.82 Å². The second-order valence-electron chi connectivity index (χ2n) is 6.41. The molecule has 0 amide bonds. The van der Waals surface area contributed by atoms with Crippen molar-refractivity contribution in [2.24, 2.45) is 0 Å². The average Bonchev–Trinajstić information content (AvgIpc) is 3.04. The van der Waals surface area contributed by atoms with Gasteiger partial charge in [-0.15, -0.1) is 0 Å². The molecule has 1 unspecified atom stereocenters. The van der Waals surface area contributed by atoms with E-state index in [0.29, 0.717) is 35.7 Å². The van der Waals surface area contributed by atoms with Crippen LogP contribution in [0, 0.1) is 5.82 Å². The molecule has 0 aliphatic carbocycles. The summed E-state index contributed by atoms with van der Waals surface area (Å²) in [6.07, 6.45) is 4.30. The molecule has 0 bridgehead atoms. The van der Waals surface area contributed by atoms with E-state index in [1.54, 1.807) is 23.2 Å². The summed E-state index contributed by atoms with van der Waals surface area (Å²) in [5.41, 5.74) is 1.92. The minimum absolute atomic E-state index is 0.355. The van der Waals surface area contributed by atoms with E-state index in [4.69, 9.17) is 0 Å². The molecule has 1 fully saturated rings. The summed E-state index contributed by atoms with van der Waals surface area (Å²) in [4.78, 5) is 10.7. The molecular weight excluding hydrogens is 343 g/mol. The Morgan fingerprint density at radius 2 is 2.08 bits per heavy atom. The molecule has 0 radical (unpaired) electrons.